The number of aromatic nitrogens is 2. The molecule has 19 heavy (non-hydrogen) atoms. The minimum atomic E-state index is 0.331. The molecule has 96 valence electrons. The average molecular weight is 255 g/mol. The Morgan fingerprint density at radius 1 is 1.26 bits per heavy atom. The van der Waals surface area contributed by atoms with Crippen molar-refractivity contribution in [1.29, 1.82) is 0 Å². The number of pyridine rings is 1. The molecule has 3 aromatic heterocycles. The van der Waals surface area contributed by atoms with Crippen LogP contribution in [-0.2, 0) is 6.42 Å². The second-order valence-corrected chi connectivity index (χ2v) is 4.10. The fourth-order valence-corrected chi connectivity index (χ4v) is 2.06. The van der Waals surface area contributed by atoms with Gasteiger partial charge in [0.1, 0.15) is 5.76 Å². The molecule has 0 fully saturated rings. The van der Waals surface area contributed by atoms with Gasteiger partial charge in [-0.3, -0.25) is 4.98 Å². The molecule has 0 bridgehead atoms. The number of anilines is 1. The normalized spacial score (nSPS) is 10.8. The first-order valence-corrected chi connectivity index (χ1v) is 6.04. The highest BCUT2D eigenvalue weighted by Crippen LogP contribution is 2.37. The molecule has 0 aromatic carbocycles. The lowest BCUT2D eigenvalue weighted by Gasteiger charge is -2.01. The van der Waals surface area contributed by atoms with Crippen molar-refractivity contribution in [2.75, 3.05) is 5.73 Å². The van der Waals surface area contributed by atoms with E-state index in [2.05, 4.69) is 10.1 Å². The van der Waals surface area contributed by atoms with E-state index in [0.717, 1.165) is 23.4 Å². The quantitative estimate of drug-likeness (QED) is 0.777. The van der Waals surface area contributed by atoms with Gasteiger partial charge in [-0.1, -0.05) is 18.1 Å². The first-order valence-electron chi connectivity index (χ1n) is 6.04. The van der Waals surface area contributed by atoms with Gasteiger partial charge in [0.25, 0.3) is 0 Å². The van der Waals surface area contributed by atoms with Crippen LogP contribution in [0.1, 0.15) is 12.7 Å². The standard InChI is InChI=1S/C14H13N3O2/c1-2-11-9(6-8-18-11)13-12(14(15)17-19-13)10-5-3-4-7-16-10/h3-8H,2H2,1H3,(H2,15,17). The number of nitrogens with zero attached hydrogens (tertiary/aromatic N) is 2. The molecule has 3 aromatic rings. The van der Waals surface area contributed by atoms with Crippen molar-refractivity contribution in [2.24, 2.45) is 0 Å². The fraction of sp³-hybridized carbons (Fsp3) is 0.143. The molecule has 0 atom stereocenters. The van der Waals surface area contributed by atoms with Gasteiger partial charge in [0.15, 0.2) is 11.6 Å². The molecule has 0 spiro atoms. The monoisotopic (exact) mass is 255 g/mol. The van der Waals surface area contributed by atoms with E-state index in [1.54, 1.807) is 12.5 Å². The molecule has 3 heterocycles. The SMILES string of the molecule is CCc1occc1-c1onc(N)c1-c1ccccn1. The second-order valence-electron chi connectivity index (χ2n) is 4.10. The number of hydrogen-bond donors (Lipinski definition) is 1. The first kappa shape index (κ1) is 11.5. The Labute approximate surface area is 110 Å². The molecule has 3 rings (SSSR count). The van der Waals surface area contributed by atoms with Crippen LogP contribution in [0.3, 0.4) is 0 Å². The topological polar surface area (TPSA) is 78.1 Å². The maximum atomic E-state index is 5.90. The minimum Gasteiger partial charge on any atom is -0.469 e. The third kappa shape index (κ3) is 1.89. The number of aryl methyl sites for hydroxylation is 1. The summed E-state index contributed by atoms with van der Waals surface area (Å²) < 4.78 is 10.8. The van der Waals surface area contributed by atoms with E-state index < -0.39 is 0 Å². The summed E-state index contributed by atoms with van der Waals surface area (Å²) in [6.07, 6.45) is 4.11. The molecule has 0 saturated carbocycles. The van der Waals surface area contributed by atoms with Crippen molar-refractivity contribution in [3.8, 4) is 22.6 Å². The predicted octanol–water partition coefficient (Wildman–Crippen LogP) is 3.14. The number of rotatable bonds is 3. The maximum absolute atomic E-state index is 5.90. The van der Waals surface area contributed by atoms with E-state index >= 15 is 0 Å². The summed E-state index contributed by atoms with van der Waals surface area (Å²) >= 11 is 0. The van der Waals surface area contributed by atoms with Crippen LogP contribution in [0.25, 0.3) is 22.6 Å². The van der Waals surface area contributed by atoms with Crippen molar-refractivity contribution in [3.05, 3.63) is 42.5 Å². The van der Waals surface area contributed by atoms with E-state index in [9.17, 15) is 0 Å². The van der Waals surface area contributed by atoms with Gasteiger partial charge in [-0.15, -0.1) is 0 Å². The number of hydrogen-bond acceptors (Lipinski definition) is 5. The Balaban J connectivity index is 2.20. The van der Waals surface area contributed by atoms with E-state index in [4.69, 9.17) is 14.7 Å². The largest absolute Gasteiger partial charge is 0.469 e. The third-order valence-electron chi connectivity index (χ3n) is 2.95. The molecule has 2 N–H and O–H groups in total. The summed E-state index contributed by atoms with van der Waals surface area (Å²) in [7, 11) is 0. The summed E-state index contributed by atoms with van der Waals surface area (Å²) in [5, 5.41) is 3.85. The highest BCUT2D eigenvalue weighted by atomic mass is 16.5. The smallest absolute Gasteiger partial charge is 0.182 e. The molecule has 0 aliphatic carbocycles. The van der Waals surface area contributed by atoms with Gasteiger partial charge in [-0.2, -0.15) is 0 Å². The number of furan rings is 1. The van der Waals surface area contributed by atoms with Crippen LogP contribution in [0.5, 0.6) is 0 Å². The van der Waals surface area contributed by atoms with Crippen LogP contribution >= 0.6 is 0 Å². The Morgan fingerprint density at radius 2 is 2.16 bits per heavy atom. The lowest BCUT2D eigenvalue weighted by Crippen LogP contribution is -1.91. The maximum Gasteiger partial charge on any atom is 0.182 e. The Hall–Kier alpha value is -2.56. The zero-order valence-corrected chi connectivity index (χ0v) is 10.5. The van der Waals surface area contributed by atoms with Crippen LogP contribution in [0.4, 0.5) is 5.82 Å². The summed E-state index contributed by atoms with van der Waals surface area (Å²) in [6.45, 7) is 2.02. The lowest BCUT2D eigenvalue weighted by molar-refractivity contribution is 0.433. The molecule has 0 amide bonds. The van der Waals surface area contributed by atoms with Gasteiger partial charge in [0.2, 0.25) is 0 Å². The number of nitrogens with two attached hydrogens (primary N) is 1. The summed E-state index contributed by atoms with van der Waals surface area (Å²) in [6, 6.07) is 7.47. The van der Waals surface area contributed by atoms with Gasteiger partial charge < -0.3 is 14.7 Å². The molecular weight excluding hydrogens is 242 g/mol. The van der Waals surface area contributed by atoms with Crippen LogP contribution in [0.2, 0.25) is 0 Å². The van der Waals surface area contributed by atoms with Gasteiger partial charge in [0, 0.05) is 12.6 Å². The first-order chi connectivity index (χ1) is 9.31. The van der Waals surface area contributed by atoms with Crippen LogP contribution in [-0.4, -0.2) is 10.1 Å². The molecule has 0 unspecified atom stereocenters. The van der Waals surface area contributed by atoms with Gasteiger partial charge in [0.05, 0.1) is 23.1 Å². The van der Waals surface area contributed by atoms with Crippen LogP contribution in [0.15, 0.2) is 45.7 Å². The molecule has 0 radical (unpaired) electrons. The predicted molar refractivity (Wildman–Crippen MR) is 71.2 cm³/mol. The van der Waals surface area contributed by atoms with Crippen molar-refractivity contribution in [1.82, 2.24) is 10.1 Å². The summed E-state index contributed by atoms with van der Waals surface area (Å²) in [5.74, 6) is 1.77. The van der Waals surface area contributed by atoms with Crippen LogP contribution in [0, 0.1) is 0 Å². The lowest BCUT2D eigenvalue weighted by atomic mass is 10.1. The van der Waals surface area contributed by atoms with Crippen molar-refractivity contribution < 1.29 is 8.94 Å². The molecule has 5 heteroatoms. The molecule has 5 nitrogen and oxygen atoms in total. The van der Waals surface area contributed by atoms with E-state index in [0.29, 0.717) is 17.1 Å². The third-order valence-corrected chi connectivity index (χ3v) is 2.95. The molecule has 0 aliphatic heterocycles. The molecular formula is C14H13N3O2. The Bertz CT molecular complexity index is 686. The second kappa shape index (κ2) is 4.61. The van der Waals surface area contributed by atoms with E-state index in [-0.39, 0.29) is 0 Å². The van der Waals surface area contributed by atoms with Crippen molar-refractivity contribution in [2.45, 2.75) is 13.3 Å². The van der Waals surface area contributed by atoms with Crippen molar-refractivity contribution >= 4 is 5.82 Å². The average Bonchev–Trinajstić information content (AvgIpc) is 3.05. The van der Waals surface area contributed by atoms with Gasteiger partial charge in [-0.05, 0) is 18.2 Å². The summed E-state index contributed by atoms with van der Waals surface area (Å²) in [4.78, 5) is 4.30. The van der Waals surface area contributed by atoms with Gasteiger partial charge in [-0.25, -0.2) is 0 Å². The van der Waals surface area contributed by atoms with Crippen LogP contribution < -0.4 is 5.73 Å². The minimum absolute atomic E-state index is 0.331. The van der Waals surface area contributed by atoms with E-state index in [1.165, 1.54) is 0 Å². The zero-order valence-electron chi connectivity index (χ0n) is 10.5. The molecule has 0 saturated heterocycles. The number of nitrogen functional groups attached to an aromatic ring is 1. The Kier molecular flexibility index (Phi) is 2.79. The highest BCUT2D eigenvalue weighted by molar-refractivity contribution is 5.85. The molecule has 0 aliphatic rings. The van der Waals surface area contributed by atoms with Crippen molar-refractivity contribution in [3.63, 3.8) is 0 Å². The Morgan fingerprint density at radius 3 is 2.89 bits per heavy atom. The fourth-order valence-electron chi connectivity index (χ4n) is 2.06. The zero-order chi connectivity index (χ0) is 13.2. The summed E-state index contributed by atoms with van der Waals surface area (Å²) in [5.41, 5.74) is 8.20. The van der Waals surface area contributed by atoms with Gasteiger partial charge >= 0.3 is 0 Å². The van der Waals surface area contributed by atoms with E-state index in [1.807, 2.05) is 31.2 Å². The highest BCUT2D eigenvalue weighted by Gasteiger charge is 2.21.